The van der Waals surface area contributed by atoms with Gasteiger partial charge in [0.15, 0.2) is 0 Å². The third-order valence-electron chi connectivity index (χ3n) is 1.96. The minimum absolute atomic E-state index is 0.464. The van der Waals surface area contributed by atoms with Gasteiger partial charge in [-0.05, 0) is 42.4 Å². The van der Waals surface area contributed by atoms with Crippen molar-refractivity contribution in [1.82, 2.24) is 5.32 Å². The summed E-state index contributed by atoms with van der Waals surface area (Å²) in [5, 5.41) is 3.24. The van der Waals surface area contributed by atoms with Crippen LogP contribution in [0.1, 0.15) is 29.6 Å². The van der Waals surface area contributed by atoms with Gasteiger partial charge >= 0.3 is 0 Å². The zero-order valence-corrected chi connectivity index (χ0v) is 10.1. The monoisotopic (exact) mass is 247 g/mol. The molecule has 68 valence electrons. The van der Waals surface area contributed by atoms with Crippen molar-refractivity contribution in [1.29, 1.82) is 0 Å². The Kier molecular flexibility index (Phi) is 3.75. The highest BCUT2D eigenvalue weighted by Gasteiger charge is 2.09. The molecule has 0 bridgehead atoms. The van der Waals surface area contributed by atoms with Gasteiger partial charge in [-0.15, -0.1) is 11.3 Å². The van der Waals surface area contributed by atoms with Gasteiger partial charge in [0.25, 0.3) is 0 Å². The molecule has 0 unspecified atom stereocenters. The minimum atomic E-state index is 0.464. The first-order chi connectivity index (χ1) is 5.69. The summed E-state index contributed by atoms with van der Waals surface area (Å²) >= 11 is 5.44. The second-order valence-electron chi connectivity index (χ2n) is 2.78. The lowest BCUT2D eigenvalue weighted by molar-refractivity contribution is 0.664. The molecule has 1 aromatic heterocycles. The Labute approximate surface area is 86.3 Å². The number of halogens is 1. The summed E-state index contributed by atoms with van der Waals surface area (Å²) in [7, 11) is 1.99. The normalized spacial score (nSPS) is 13.3. The zero-order chi connectivity index (χ0) is 9.14. The number of aryl methyl sites for hydroxylation is 1. The van der Waals surface area contributed by atoms with E-state index in [4.69, 9.17) is 0 Å². The van der Waals surface area contributed by atoms with Crippen LogP contribution < -0.4 is 5.32 Å². The van der Waals surface area contributed by atoms with Crippen LogP contribution in [0.2, 0.25) is 0 Å². The maximum Gasteiger partial charge on any atom is 0.0384 e. The Hall–Kier alpha value is 0.140. The second kappa shape index (κ2) is 4.40. The highest BCUT2D eigenvalue weighted by atomic mass is 79.9. The minimum Gasteiger partial charge on any atom is -0.313 e. The second-order valence-corrected chi connectivity index (χ2v) is 4.81. The Bertz CT molecular complexity index is 257. The molecule has 0 radical (unpaired) electrons. The highest BCUT2D eigenvalue weighted by molar-refractivity contribution is 9.10. The van der Waals surface area contributed by atoms with Crippen molar-refractivity contribution in [3.8, 4) is 0 Å². The first kappa shape index (κ1) is 10.2. The summed E-state index contributed by atoms with van der Waals surface area (Å²) in [4.78, 5) is 2.84. The molecule has 0 fully saturated rings. The van der Waals surface area contributed by atoms with Gasteiger partial charge in [0.1, 0.15) is 0 Å². The standard InChI is InChI=1S/C9H14BrNS/c1-4-8-7(10)5-9(12-8)6(2)11-3/h5-6,11H,4H2,1-3H3/t6-/m0/s1. The maximum atomic E-state index is 3.56. The van der Waals surface area contributed by atoms with Crippen molar-refractivity contribution in [2.45, 2.75) is 26.3 Å². The molecule has 1 N–H and O–H groups in total. The number of hydrogen-bond acceptors (Lipinski definition) is 2. The van der Waals surface area contributed by atoms with E-state index >= 15 is 0 Å². The van der Waals surface area contributed by atoms with E-state index in [-0.39, 0.29) is 0 Å². The van der Waals surface area contributed by atoms with Gasteiger partial charge in [0.05, 0.1) is 0 Å². The summed E-state index contributed by atoms with van der Waals surface area (Å²) in [5.41, 5.74) is 0. The van der Waals surface area contributed by atoms with Gasteiger partial charge in [0, 0.05) is 20.3 Å². The molecule has 1 heterocycles. The first-order valence-electron chi connectivity index (χ1n) is 4.14. The Morgan fingerprint density at radius 2 is 2.33 bits per heavy atom. The third kappa shape index (κ3) is 2.09. The van der Waals surface area contributed by atoms with Crippen LogP contribution in [-0.4, -0.2) is 7.05 Å². The molecule has 1 aromatic rings. The van der Waals surface area contributed by atoms with Crippen molar-refractivity contribution < 1.29 is 0 Å². The quantitative estimate of drug-likeness (QED) is 0.864. The maximum absolute atomic E-state index is 3.56. The molecule has 0 aliphatic rings. The van der Waals surface area contributed by atoms with Crippen molar-refractivity contribution in [3.05, 3.63) is 20.3 Å². The van der Waals surface area contributed by atoms with Crippen LogP contribution >= 0.6 is 27.3 Å². The number of hydrogen-bond donors (Lipinski definition) is 1. The lowest BCUT2D eigenvalue weighted by atomic mass is 10.3. The van der Waals surface area contributed by atoms with E-state index in [1.165, 1.54) is 14.2 Å². The van der Waals surface area contributed by atoms with E-state index < -0.39 is 0 Å². The SMILES string of the molecule is CCc1sc([C@H](C)NC)cc1Br. The summed E-state index contributed by atoms with van der Waals surface area (Å²) in [6.45, 7) is 4.36. The molecule has 1 rings (SSSR count). The van der Waals surface area contributed by atoms with Crippen LogP contribution in [0.4, 0.5) is 0 Å². The Morgan fingerprint density at radius 3 is 2.75 bits per heavy atom. The van der Waals surface area contributed by atoms with Gasteiger partial charge in [-0.1, -0.05) is 6.92 Å². The average Bonchev–Trinajstić information content (AvgIpc) is 2.45. The lowest BCUT2D eigenvalue weighted by Gasteiger charge is -2.05. The van der Waals surface area contributed by atoms with Crippen LogP contribution in [-0.2, 0) is 6.42 Å². The smallest absolute Gasteiger partial charge is 0.0384 e. The summed E-state index contributed by atoms with van der Waals surface area (Å²) in [6, 6.07) is 2.68. The largest absolute Gasteiger partial charge is 0.313 e. The average molecular weight is 248 g/mol. The highest BCUT2D eigenvalue weighted by Crippen LogP contribution is 2.31. The molecule has 0 saturated heterocycles. The Morgan fingerprint density at radius 1 is 1.67 bits per heavy atom. The molecule has 0 amide bonds. The summed E-state index contributed by atoms with van der Waals surface area (Å²) in [5.74, 6) is 0. The number of nitrogens with one attached hydrogen (secondary N) is 1. The van der Waals surface area contributed by atoms with E-state index in [0.29, 0.717) is 6.04 Å². The van der Waals surface area contributed by atoms with Gasteiger partial charge in [-0.25, -0.2) is 0 Å². The summed E-state index contributed by atoms with van der Waals surface area (Å²) < 4.78 is 1.26. The van der Waals surface area contributed by atoms with Crippen LogP contribution in [0.25, 0.3) is 0 Å². The molecule has 1 atom stereocenters. The van der Waals surface area contributed by atoms with E-state index in [0.717, 1.165) is 6.42 Å². The lowest BCUT2D eigenvalue weighted by Crippen LogP contribution is -2.10. The molecule has 1 nitrogen and oxygen atoms in total. The fourth-order valence-electron chi connectivity index (χ4n) is 1.02. The van der Waals surface area contributed by atoms with Crippen molar-refractivity contribution in [2.24, 2.45) is 0 Å². The van der Waals surface area contributed by atoms with Crippen LogP contribution in [0.5, 0.6) is 0 Å². The van der Waals surface area contributed by atoms with E-state index in [1.807, 2.05) is 18.4 Å². The summed E-state index contributed by atoms with van der Waals surface area (Å²) in [6.07, 6.45) is 1.11. The molecular formula is C9H14BrNS. The van der Waals surface area contributed by atoms with Crippen LogP contribution in [0, 0.1) is 0 Å². The molecule has 12 heavy (non-hydrogen) atoms. The van der Waals surface area contributed by atoms with Crippen molar-refractivity contribution in [2.75, 3.05) is 7.05 Å². The van der Waals surface area contributed by atoms with Crippen molar-refractivity contribution >= 4 is 27.3 Å². The van der Waals surface area contributed by atoms with Crippen molar-refractivity contribution in [3.63, 3.8) is 0 Å². The molecule has 0 saturated carbocycles. The zero-order valence-electron chi connectivity index (χ0n) is 7.65. The number of rotatable bonds is 3. The molecule has 0 aliphatic carbocycles. The van der Waals surface area contributed by atoms with E-state index in [9.17, 15) is 0 Å². The molecule has 3 heteroatoms. The third-order valence-corrected chi connectivity index (χ3v) is 4.39. The van der Waals surface area contributed by atoms with Crippen LogP contribution in [0.15, 0.2) is 10.5 Å². The number of thiophene rings is 1. The first-order valence-corrected chi connectivity index (χ1v) is 5.75. The molecule has 0 spiro atoms. The van der Waals surface area contributed by atoms with Crippen LogP contribution in [0.3, 0.4) is 0 Å². The fraction of sp³-hybridized carbons (Fsp3) is 0.556. The van der Waals surface area contributed by atoms with Gasteiger partial charge < -0.3 is 5.32 Å². The van der Waals surface area contributed by atoms with Gasteiger partial charge in [-0.2, -0.15) is 0 Å². The molecular weight excluding hydrogens is 234 g/mol. The predicted molar refractivity (Wildman–Crippen MR) is 58.9 cm³/mol. The topological polar surface area (TPSA) is 12.0 Å². The van der Waals surface area contributed by atoms with E-state index in [2.05, 4.69) is 41.2 Å². The van der Waals surface area contributed by atoms with Gasteiger partial charge in [-0.3, -0.25) is 0 Å². The molecule has 0 aliphatic heterocycles. The molecule has 0 aromatic carbocycles. The Balaban J connectivity index is 2.88. The van der Waals surface area contributed by atoms with E-state index in [1.54, 1.807) is 0 Å². The van der Waals surface area contributed by atoms with Gasteiger partial charge in [0.2, 0.25) is 0 Å². The predicted octanol–water partition coefficient (Wildman–Crippen LogP) is 3.35. The fourth-order valence-corrected chi connectivity index (χ4v) is 3.00.